The molecule has 0 fully saturated rings. The van der Waals surface area contributed by atoms with E-state index in [1.165, 1.54) is 5.32 Å². The van der Waals surface area contributed by atoms with E-state index in [1.54, 1.807) is 0 Å². The Kier molecular flexibility index (Phi) is 6.09. The van der Waals surface area contributed by atoms with Crippen molar-refractivity contribution in [1.29, 1.82) is 0 Å². The Morgan fingerprint density at radius 2 is 1.60 bits per heavy atom. The van der Waals surface area contributed by atoms with Gasteiger partial charge in [0.2, 0.25) is 0 Å². The molecule has 0 aliphatic heterocycles. The van der Waals surface area contributed by atoms with E-state index in [4.69, 9.17) is 0 Å². The average molecular weight is 157 g/mol. The van der Waals surface area contributed by atoms with Crippen LogP contribution >= 0.6 is 0 Å². The van der Waals surface area contributed by atoms with Crippen LogP contribution in [0.15, 0.2) is 0 Å². The molecule has 5 heteroatoms. The van der Waals surface area contributed by atoms with Crippen LogP contribution in [0.3, 0.4) is 0 Å². The molecule has 0 aliphatic rings. The van der Waals surface area contributed by atoms with Gasteiger partial charge in [0.15, 0.2) is 0 Å². The van der Waals surface area contributed by atoms with E-state index in [0.29, 0.717) is 0 Å². The third-order valence-electron chi connectivity index (χ3n) is 0.485. The molecule has 10 heavy (non-hydrogen) atoms. The lowest BCUT2D eigenvalue weighted by atomic mass is 10.6. The SMILES string of the molecule is CC.CNC(=O)C(F)(F)F. The largest absolute Gasteiger partial charge is 0.471 e. The minimum Gasteiger partial charge on any atom is -0.351 e. The molecule has 0 unspecified atom stereocenters. The van der Waals surface area contributed by atoms with Crippen molar-refractivity contribution in [1.82, 2.24) is 5.32 Å². The van der Waals surface area contributed by atoms with Gasteiger partial charge in [0.1, 0.15) is 0 Å². The van der Waals surface area contributed by atoms with Crippen LogP contribution in [0.5, 0.6) is 0 Å². The molecule has 0 aromatic heterocycles. The van der Waals surface area contributed by atoms with Gasteiger partial charge in [-0.05, 0) is 0 Å². The summed E-state index contributed by atoms with van der Waals surface area (Å²) in [6.07, 6.45) is -4.74. The Morgan fingerprint density at radius 1 is 1.30 bits per heavy atom. The van der Waals surface area contributed by atoms with Gasteiger partial charge in [-0.2, -0.15) is 13.2 Å². The molecule has 1 amide bonds. The van der Waals surface area contributed by atoms with Gasteiger partial charge in [0, 0.05) is 7.05 Å². The normalized spacial score (nSPS) is 9.40. The van der Waals surface area contributed by atoms with Gasteiger partial charge in [-0.1, -0.05) is 13.8 Å². The first kappa shape index (κ1) is 12.0. The zero-order valence-electron chi connectivity index (χ0n) is 6.04. The number of hydrogen-bond donors (Lipinski definition) is 1. The Bertz CT molecular complexity index is 99.6. The highest BCUT2D eigenvalue weighted by Gasteiger charge is 2.37. The quantitative estimate of drug-likeness (QED) is 0.564. The van der Waals surface area contributed by atoms with Crippen molar-refractivity contribution >= 4 is 5.91 Å². The number of carbonyl (C=O) groups is 1. The van der Waals surface area contributed by atoms with Crippen molar-refractivity contribution in [2.45, 2.75) is 20.0 Å². The molecule has 0 rings (SSSR count). The summed E-state index contributed by atoms with van der Waals surface area (Å²) in [5, 5.41) is 1.44. The monoisotopic (exact) mass is 157 g/mol. The third kappa shape index (κ3) is 5.40. The number of nitrogens with one attached hydrogen (secondary N) is 1. The molecule has 0 saturated heterocycles. The second-order valence-electron chi connectivity index (χ2n) is 1.08. The van der Waals surface area contributed by atoms with E-state index >= 15 is 0 Å². The number of halogens is 3. The maximum Gasteiger partial charge on any atom is 0.471 e. The van der Waals surface area contributed by atoms with Crippen LogP contribution in [0.1, 0.15) is 13.8 Å². The van der Waals surface area contributed by atoms with Crippen molar-refractivity contribution in [3.05, 3.63) is 0 Å². The summed E-state index contributed by atoms with van der Waals surface area (Å²) < 4.78 is 33.1. The first-order valence-electron chi connectivity index (χ1n) is 2.77. The first-order valence-corrected chi connectivity index (χ1v) is 2.77. The van der Waals surface area contributed by atoms with E-state index in [-0.39, 0.29) is 0 Å². The minimum atomic E-state index is -4.74. The molecule has 0 atom stereocenters. The van der Waals surface area contributed by atoms with Gasteiger partial charge < -0.3 is 5.32 Å². The zero-order valence-corrected chi connectivity index (χ0v) is 6.04. The molecule has 2 nitrogen and oxygen atoms in total. The fraction of sp³-hybridized carbons (Fsp3) is 0.800. The molecule has 0 spiro atoms. The fourth-order valence-electron chi connectivity index (χ4n) is 0.142. The first-order chi connectivity index (χ1) is 4.48. The van der Waals surface area contributed by atoms with Gasteiger partial charge in [0.05, 0.1) is 0 Å². The van der Waals surface area contributed by atoms with Gasteiger partial charge in [-0.3, -0.25) is 4.79 Å². The van der Waals surface area contributed by atoms with E-state index in [2.05, 4.69) is 0 Å². The summed E-state index contributed by atoms with van der Waals surface area (Å²) in [6.45, 7) is 4.00. The van der Waals surface area contributed by atoms with Crippen molar-refractivity contribution < 1.29 is 18.0 Å². The Labute approximate surface area is 57.4 Å². The number of alkyl halides is 3. The molecule has 0 heterocycles. The summed E-state index contributed by atoms with van der Waals surface area (Å²) >= 11 is 0. The predicted octanol–water partition coefficient (Wildman–Crippen LogP) is 1.32. The molecule has 0 bridgehead atoms. The number of amides is 1. The van der Waals surface area contributed by atoms with Gasteiger partial charge >= 0.3 is 12.1 Å². The lowest BCUT2D eigenvalue weighted by Gasteiger charge is -2.00. The average Bonchev–Trinajstić information content (AvgIpc) is 1.89. The van der Waals surface area contributed by atoms with Crippen LogP contribution < -0.4 is 5.32 Å². The molecular weight excluding hydrogens is 147 g/mol. The number of hydrogen-bond acceptors (Lipinski definition) is 1. The third-order valence-corrected chi connectivity index (χ3v) is 0.485. The van der Waals surface area contributed by atoms with E-state index in [1.807, 2.05) is 13.8 Å². The van der Waals surface area contributed by atoms with Gasteiger partial charge in [-0.25, -0.2) is 0 Å². The van der Waals surface area contributed by atoms with Crippen LogP contribution in [-0.2, 0) is 4.79 Å². The summed E-state index contributed by atoms with van der Waals surface area (Å²) in [6, 6.07) is 0. The minimum absolute atomic E-state index is 0.926. The summed E-state index contributed by atoms with van der Waals surface area (Å²) in [7, 11) is 0.926. The highest BCUT2D eigenvalue weighted by Crippen LogP contribution is 2.13. The standard InChI is InChI=1S/C3H4F3NO.C2H6/c1-7-2(8)3(4,5)6;1-2/h1H3,(H,7,8);1-2H3. The molecule has 0 aromatic carbocycles. The van der Waals surface area contributed by atoms with Gasteiger partial charge in [-0.15, -0.1) is 0 Å². The van der Waals surface area contributed by atoms with Crippen LogP contribution in [0, 0.1) is 0 Å². The van der Waals surface area contributed by atoms with E-state index < -0.39 is 12.1 Å². The molecule has 1 N–H and O–H groups in total. The zero-order chi connectivity index (χ0) is 8.78. The fourth-order valence-corrected chi connectivity index (χ4v) is 0.142. The maximum atomic E-state index is 11.0. The van der Waals surface area contributed by atoms with E-state index in [9.17, 15) is 18.0 Å². The molecule has 0 saturated carbocycles. The number of rotatable bonds is 0. The Morgan fingerprint density at radius 3 is 1.60 bits per heavy atom. The molecule has 0 aromatic rings. The molecule has 62 valence electrons. The van der Waals surface area contributed by atoms with E-state index in [0.717, 1.165) is 7.05 Å². The van der Waals surface area contributed by atoms with Crippen molar-refractivity contribution in [3.63, 3.8) is 0 Å². The second kappa shape index (κ2) is 5.08. The lowest BCUT2D eigenvalue weighted by Crippen LogP contribution is -2.33. The predicted molar refractivity (Wildman–Crippen MR) is 31.5 cm³/mol. The summed E-state index contributed by atoms with van der Waals surface area (Å²) in [4.78, 5) is 9.60. The number of carbonyl (C=O) groups excluding carboxylic acids is 1. The Hall–Kier alpha value is -0.740. The lowest BCUT2D eigenvalue weighted by molar-refractivity contribution is -0.172. The van der Waals surface area contributed by atoms with Crippen molar-refractivity contribution in [3.8, 4) is 0 Å². The topological polar surface area (TPSA) is 29.1 Å². The smallest absolute Gasteiger partial charge is 0.351 e. The van der Waals surface area contributed by atoms with Crippen LogP contribution in [0.2, 0.25) is 0 Å². The molecular formula is C5H10F3NO. The highest BCUT2D eigenvalue weighted by atomic mass is 19.4. The molecule has 0 aliphatic carbocycles. The highest BCUT2D eigenvalue weighted by molar-refractivity contribution is 5.81. The van der Waals surface area contributed by atoms with Crippen LogP contribution in [0.25, 0.3) is 0 Å². The second-order valence-corrected chi connectivity index (χ2v) is 1.08. The summed E-state index contributed by atoms with van der Waals surface area (Å²) in [5.41, 5.74) is 0. The van der Waals surface area contributed by atoms with Crippen molar-refractivity contribution in [2.75, 3.05) is 7.05 Å². The van der Waals surface area contributed by atoms with Crippen LogP contribution in [-0.4, -0.2) is 19.1 Å². The molecule has 0 radical (unpaired) electrons. The maximum absolute atomic E-state index is 11.0. The van der Waals surface area contributed by atoms with Gasteiger partial charge in [0.25, 0.3) is 0 Å². The van der Waals surface area contributed by atoms with Crippen molar-refractivity contribution in [2.24, 2.45) is 0 Å². The Balaban J connectivity index is 0. The summed E-state index contributed by atoms with van der Waals surface area (Å²) in [5.74, 6) is -1.92. The van der Waals surface area contributed by atoms with Crippen LogP contribution in [0.4, 0.5) is 13.2 Å².